The Balaban J connectivity index is 1.53. The van der Waals surface area contributed by atoms with Gasteiger partial charge in [-0.1, -0.05) is 41.6 Å². The molecular formula is C18H12BrN3O2. The van der Waals surface area contributed by atoms with Gasteiger partial charge in [-0.2, -0.15) is 4.98 Å². The van der Waals surface area contributed by atoms with E-state index in [0.29, 0.717) is 17.4 Å². The average molecular weight is 382 g/mol. The van der Waals surface area contributed by atoms with Crippen molar-refractivity contribution < 1.29 is 9.26 Å². The summed E-state index contributed by atoms with van der Waals surface area (Å²) in [5.74, 6) is 1.58. The Hall–Kier alpha value is -2.73. The lowest BCUT2D eigenvalue weighted by atomic mass is 10.1. The van der Waals surface area contributed by atoms with Gasteiger partial charge in [-0.3, -0.25) is 4.98 Å². The van der Waals surface area contributed by atoms with Crippen LogP contribution in [-0.2, 0) is 6.61 Å². The van der Waals surface area contributed by atoms with Crippen molar-refractivity contribution in [2.45, 2.75) is 6.61 Å². The normalized spacial score (nSPS) is 10.9. The topological polar surface area (TPSA) is 61.0 Å². The maximum Gasteiger partial charge on any atom is 0.264 e. The first-order valence-electron chi connectivity index (χ1n) is 7.35. The van der Waals surface area contributed by atoms with E-state index in [0.717, 1.165) is 21.0 Å². The number of fused-ring (bicyclic) bond motifs is 1. The summed E-state index contributed by atoms with van der Waals surface area (Å²) in [6.07, 6.45) is 1.69. The molecule has 0 spiro atoms. The number of rotatable bonds is 4. The predicted octanol–water partition coefficient (Wildman–Crippen LogP) is 4.63. The molecule has 0 amide bonds. The zero-order chi connectivity index (χ0) is 16.4. The molecule has 4 aromatic rings. The van der Waals surface area contributed by atoms with Crippen LogP contribution in [0.5, 0.6) is 5.75 Å². The number of aromatic nitrogens is 3. The summed E-state index contributed by atoms with van der Waals surface area (Å²) >= 11 is 3.60. The van der Waals surface area contributed by atoms with Gasteiger partial charge in [0, 0.05) is 6.20 Å². The molecule has 0 saturated carbocycles. The highest BCUT2D eigenvalue weighted by atomic mass is 79.9. The number of hydrogen-bond donors (Lipinski definition) is 0. The Morgan fingerprint density at radius 1 is 1.00 bits per heavy atom. The fourth-order valence-electron chi connectivity index (χ4n) is 2.38. The summed E-state index contributed by atoms with van der Waals surface area (Å²) < 4.78 is 12.0. The van der Waals surface area contributed by atoms with Gasteiger partial charge in [-0.15, -0.1) is 0 Å². The van der Waals surface area contributed by atoms with Crippen LogP contribution in [0.25, 0.3) is 22.3 Å². The van der Waals surface area contributed by atoms with Crippen LogP contribution < -0.4 is 4.74 Å². The molecule has 0 aliphatic carbocycles. The number of halogens is 1. The molecule has 0 radical (unpaired) electrons. The summed E-state index contributed by atoms with van der Waals surface area (Å²) in [5.41, 5.74) is 0.666. The van der Waals surface area contributed by atoms with E-state index in [1.54, 1.807) is 6.20 Å². The van der Waals surface area contributed by atoms with E-state index in [9.17, 15) is 0 Å². The minimum absolute atomic E-state index is 0.191. The zero-order valence-corrected chi connectivity index (χ0v) is 14.1. The quantitative estimate of drug-likeness (QED) is 0.515. The molecule has 0 N–H and O–H groups in total. The highest BCUT2D eigenvalue weighted by Crippen LogP contribution is 2.33. The van der Waals surface area contributed by atoms with E-state index in [1.165, 1.54) is 0 Å². The van der Waals surface area contributed by atoms with Crippen LogP contribution in [0.4, 0.5) is 0 Å². The van der Waals surface area contributed by atoms with Gasteiger partial charge < -0.3 is 9.26 Å². The van der Waals surface area contributed by atoms with Gasteiger partial charge in [-0.25, -0.2) is 0 Å². The van der Waals surface area contributed by atoms with Crippen molar-refractivity contribution in [2.24, 2.45) is 0 Å². The van der Waals surface area contributed by atoms with E-state index in [2.05, 4.69) is 37.1 Å². The second-order valence-corrected chi connectivity index (χ2v) is 5.91. The molecule has 0 aliphatic heterocycles. The molecule has 4 rings (SSSR count). The minimum Gasteiger partial charge on any atom is -0.483 e. The van der Waals surface area contributed by atoms with Crippen molar-refractivity contribution in [1.29, 1.82) is 0 Å². The van der Waals surface area contributed by atoms with Crippen LogP contribution in [0.15, 0.2) is 69.8 Å². The van der Waals surface area contributed by atoms with Gasteiger partial charge in [0.2, 0.25) is 5.82 Å². The van der Waals surface area contributed by atoms with Crippen LogP contribution in [0.3, 0.4) is 0 Å². The molecule has 6 heteroatoms. The first-order valence-corrected chi connectivity index (χ1v) is 8.14. The van der Waals surface area contributed by atoms with Gasteiger partial charge in [0.25, 0.3) is 5.89 Å². The molecule has 0 bridgehead atoms. The molecule has 5 nitrogen and oxygen atoms in total. The number of pyridine rings is 1. The van der Waals surface area contributed by atoms with E-state index in [4.69, 9.17) is 9.26 Å². The maximum absolute atomic E-state index is 5.82. The lowest BCUT2D eigenvalue weighted by molar-refractivity contribution is 0.242. The molecule has 2 aromatic heterocycles. The lowest BCUT2D eigenvalue weighted by Crippen LogP contribution is -1.97. The Labute approximate surface area is 146 Å². The third kappa shape index (κ3) is 2.88. The van der Waals surface area contributed by atoms with Crippen molar-refractivity contribution >= 4 is 26.7 Å². The molecule has 0 aliphatic rings. The molecule has 0 saturated heterocycles. The van der Waals surface area contributed by atoms with Crippen molar-refractivity contribution in [1.82, 2.24) is 15.1 Å². The van der Waals surface area contributed by atoms with Gasteiger partial charge in [0.15, 0.2) is 6.61 Å². The van der Waals surface area contributed by atoms with E-state index < -0.39 is 0 Å². The fourth-order valence-corrected chi connectivity index (χ4v) is 2.98. The molecule has 0 fully saturated rings. The maximum atomic E-state index is 5.82. The molecule has 24 heavy (non-hydrogen) atoms. The average Bonchev–Trinajstić information content (AvgIpc) is 3.11. The smallest absolute Gasteiger partial charge is 0.264 e. The number of nitrogens with zero attached hydrogens (tertiary/aromatic N) is 3. The SMILES string of the molecule is Brc1c(OCc2nc(-c3ccccn3)no2)ccc2ccccc12. The molecule has 0 atom stereocenters. The standard InChI is InChI=1S/C18H12BrN3O2/c19-17-13-6-2-1-5-12(13)8-9-15(17)23-11-16-21-18(22-24-16)14-7-3-4-10-20-14/h1-10H,11H2. The van der Waals surface area contributed by atoms with E-state index in [-0.39, 0.29) is 6.61 Å². The second kappa shape index (κ2) is 6.41. The van der Waals surface area contributed by atoms with Crippen molar-refractivity contribution in [3.63, 3.8) is 0 Å². The van der Waals surface area contributed by atoms with E-state index >= 15 is 0 Å². The third-order valence-electron chi connectivity index (χ3n) is 3.54. The summed E-state index contributed by atoms with van der Waals surface area (Å²) in [7, 11) is 0. The summed E-state index contributed by atoms with van der Waals surface area (Å²) in [6, 6.07) is 17.6. The van der Waals surface area contributed by atoms with Gasteiger partial charge in [0.05, 0.1) is 4.47 Å². The summed E-state index contributed by atoms with van der Waals surface area (Å²) in [6.45, 7) is 0.191. The van der Waals surface area contributed by atoms with Crippen molar-refractivity contribution in [3.8, 4) is 17.3 Å². The molecule has 2 heterocycles. The molecule has 0 unspecified atom stereocenters. The Morgan fingerprint density at radius 2 is 1.88 bits per heavy atom. The van der Waals surface area contributed by atoms with Gasteiger partial charge >= 0.3 is 0 Å². The zero-order valence-electron chi connectivity index (χ0n) is 12.5. The first kappa shape index (κ1) is 14.8. The molecule has 2 aromatic carbocycles. The summed E-state index contributed by atoms with van der Waals surface area (Å²) in [4.78, 5) is 8.50. The lowest BCUT2D eigenvalue weighted by Gasteiger charge is -2.08. The van der Waals surface area contributed by atoms with E-state index in [1.807, 2.05) is 48.5 Å². The Bertz CT molecular complexity index is 986. The Morgan fingerprint density at radius 3 is 2.75 bits per heavy atom. The monoisotopic (exact) mass is 381 g/mol. The minimum atomic E-state index is 0.191. The molecule has 118 valence electrons. The van der Waals surface area contributed by atoms with Crippen molar-refractivity contribution in [2.75, 3.05) is 0 Å². The number of benzene rings is 2. The second-order valence-electron chi connectivity index (χ2n) is 5.11. The van der Waals surface area contributed by atoms with Crippen LogP contribution in [-0.4, -0.2) is 15.1 Å². The summed E-state index contributed by atoms with van der Waals surface area (Å²) in [5, 5.41) is 6.17. The number of hydrogen-bond acceptors (Lipinski definition) is 5. The van der Waals surface area contributed by atoms with Crippen LogP contribution in [0.2, 0.25) is 0 Å². The van der Waals surface area contributed by atoms with Crippen LogP contribution >= 0.6 is 15.9 Å². The third-order valence-corrected chi connectivity index (χ3v) is 4.36. The largest absolute Gasteiger partial charge is 0.483 e. The highest BCUT2D eigenvalue weighted by molar-refractivity contribution is 9.10. The fraction of sp³-hybridized carbons (Fsp3) is 0.0556. The predicted molar refractivity (Wildman–Crippen MR) is 93.5 cm³/mol. The van der Waals surface area contributed by atoms with Crippen LogP contribution in [0, 0.1) is 0 Å². The first-order chi connectivity index (χ1) is 11.8. The van der Waals surface area contributed by atoms with Gasteiger partial charge in [0.1, 0.15) is 11.4 Å². The molecular weight excluding hydrogens is 370 g/mol. The number of ether oxygens (including phenoxy) is 1. The van der Waals surface area contributed by atoms with Crippen LogP contribution in [0.1, 0.15) is 5.89 Å². The van der Waals surface area contributed by atoms with Crippen molar-refractivity contribution in [3.05, 3.63) is 71.2 Å². The Kier molecular flexibility index (Phi) is 3.96. The highest BCUT2D eigenvalue weighted by Gasteiger charge is 2.11. The van der Waals surface area contributed by atoms with Gasteiger partial charge in [-0.05, 0) is 44.9 Å².